The molecule has 33 heavy (non-hydrogen) atoms. The molecule has 1 amide bonds. The third kappa shape index (κ3) is 5.65. The molecule has 0 bridgehead atoms. The number of hydrogen-bond donors (Lipinski definition) is 2. The summed E-state index contributed by atoms with van der Waals surface area (Å²) in [6.45, 7) is 5.81. The molecular weight excluding hydrogens is 432 g/mol. The summed E-state index contributed by atoms with van der Waals surface area (Å²) in [6, 6.07) is 11.6. The Hall–Kier alpha value is -2.64. The van der Waals surface area contributed by atoms with Crippen molar-refractivity contribution in [1.29, 1.82) is 0 Å². The van der Waals surface area contributed by atoms with Gasteiger partial charge in [-0.15, -0.1) is 0 Å². The van der Waals surface area contributed by atoms with Gasteiger partial charge in [0.25, 0.3) is 5.91 Å². The van der Waals surface area contributed by atoms with Crippen molar-refractivity contribution in [2.45, 2.75) is 63.8 Å². The molecule has 2 N–H and O–H groups in total. The van der Waals surface area contributed by atoms with E-state index >= 15 is 0 Å². The topological polar surface area (TPSA) is 84.0 Å². The van der Waals surface area contributed by atoms with Gasteiger partial charge in [0.15, 0.2) is 0 Å². The molecule has 3 aromatic rings. The quantitative estimate of drug-likeness (QED) is 0.504. The molecule has 2 unspecified atom stereocenters. The minimum absolute atomic E-state index is 0.178. The van der Waals surface area contributed by atoms with Gasteiger partial charge in [-0.2, -0.15) is 0 Å². The van der Waals surface area contributed by atoms with E-state index in [0.717, 1.165) is 47.7 Å². The lowest BCUT2D eigenvalue weighted by atomic mass is 9.87. The zero-order valence-corrected chi connectivity index (χ0v) is 20.3. The van der Waals surface area contributed by atoms with Crippen molar-refractivity contribution in [1.82, 2.24) is 20.0 Å². The summed E-state index contributed by atoms with van der Waals surface area (Å²) in [6.07, 6.45) is 10.3. The van der Waals surface area contributed by atoms with Crippen LogP contribution in [0.2, 0.25) is 0 Å². The number of nitrogens with one attached hydrogen (secondary N) is 2. The van der Waals surface area contributed by atoms with Crippen LogP contribution < -0.4 is 10.0 Å². The maximum Gasteiger partial charge on any atom is 0.253 e. The van der Waals surface area contributed by atoms with Crippen molar-refractivity contribution in [2.24, 2.45) is 5.92 Å². The molecule has 2 atom stereocenters. The molecule has 0 spiro atoms. The molecule has 1 aromatic carbocycles. The summed E-state index contributed by atoms with van der Waals surface area (Å²) < 4.78 is 15.7. The van der Waals surface area contributed by atoms with E-state index < -0.39 is 15.7 Å². The van der Waals surface area contributed by atoms with Crippen LogP contribution in [0.3, 0.4) is 0 Å². The number of nitrogens with zero attached hydrogens (tertiary/aromatic N) is 2. The van der Waals surface area contributed by atoms with Crippen LogP contribution in [0.5, 0.6) is 0 Å². The summed E-state index contributed by atoms with van der Waals surface area (Å²) in [5.41, 5.74) is 3.37. The minimum atomic E-state index is -1.28. The smallest absolute Gasteiger partial charge is 0.253 e. The standard InChI is InChI=1S/C26H32N4O2S/c1-26(2,3)33(32)30-24(19-7-5-4-6-8-19)29-25(31)21-13-16-28-23-10-9-20(17-22(21)23)18-11-14-27-15-12-18/h9-17,19,24,30H,4-8H2,1-3H3,(H,29,31). The van der Waals surface area contributed by atoms with E-state index in [0.29, 0.717) is 5.56 Å². The number of amides is 1. The molecule has 0 radical (unpaired) electrons. The third-order valence-corrected chi connectivity index (χ3v) is 7.78. The Morgan fingerprint density at radius 1 is 1.00 bits per heavy atom. The Morgan fingerprint density at radius 2 is 1.73 bits per heavy atom. The monoisotopic (exact) mass is 464 g/mol. The van der Waals surface area contributed by atoms with Crippen LogP contribution in [0.4, 0.5) is 0 Å². The van der Waals surface area contributed by atoms with Crippen molar-refractivity contribution < 1.29 is 9.00 Å². The zero-order chi connectivity index (χ0) is 23.4. The highest BCUT2D eigenvalue weighted by atomic mass is 32.2. The van der Waals surface area contributed by atoms with Crippen LogP contribution >= 0.6 is 0 Å². The Bertz CT molecular complexity index is 1140. The van der Waals surface area contributed by atoms with Gasteiger partial charge < -0.3 is 5.32 Å². The first-order valence-electron chi connectivity index (χ1n) is 11.6. The first-order chi connectivity index (χ1) is 15.8. The number of pyridine rings is 2. The van der Waals surface area contributed by atoms with Crippen LogP contribution in [-0.4, -0.2) is 31.0 Å². The average molecular weight is 465 g/mol. The van der Waals surface area contributed by atoms with Crippen molar-refractivity contribution in [3.05, 3.63) is 60.6 Å². The second-order valence-electron chi connectivity index (χ2n) is 9.67. The molecule has 1 fully saturated rings. The molecule has 1 aliphatic carbocycles. The predicted octanol–water partition coefficient (Wildman–Crippen LogP) is 4.98. The highest BCUT2D eigenvalue weighted by molar-refractivity contribution is 7.84. The summed E-state index contributed by atoms with van der Waals surface area (Å²) >= 11 is 0. The summed E-state index contributed by atoms with van der Waals surface area (Å²) in [5.74, 6) is 0.0812. The van der Waals surface area contributed by atoms with E-state index in [9.17, 15) is 9.00 Å². The molecule has 0 aliphatic heterocycles. The second-order valence-corrected chi connectivity index (χ2v) is 11.7. The Labute approximate surface area is 198 Å². The maximum atomic E-state index is 13.5. The molecule has 4 rings (SSSR count). The first-order valence-corrected chi connectivity index (χ1v) is 12.8. The van der Waals surface area contributed by atoms with Gasteiger partial charge in [-0.25, -0.2) is 8.93 Å². The van der Waals surface area contributed by atoms with E-state index in [1.807, 2.05) is 51.1 Å². The van der Waals surface area contributed by atoms with Gasteiger partial charge in [0.1, 0.15) is 0 Å². The van der Waals surface area contributed by atoms with Crippen LogP contribution in [0.15, 0.2) is 55.0 Å². The van der Waals surface area contributed by atoms with Gasteiger partial charge >= 0.3 is 0 Å². The fraction of sp³-hybridized carbons (Fsp3) is 0.423. The molecule has 6 nitrogen and oxygen atoms in total. The SMILES string of the molecule is CC(C)(C)S(=O)NC(NC(=O)c1ccnc2ccc(-c3ccncc3)cc12)C1CCCCC1. The van der Waals surface area contributed by atoms with Crippen molar-refractivity contribution in [2.75, 3.05) is 0 Å². The van der Waals surface area contributed by atoms with E-state index in [1.54, 1.807) is 24.7 Å². The minimum Gasteiger partial charge on any atom is -0.336 e. The van der Waals surface area contributed by atoms with Crippen molar-refractivity contribution >= 4 is 27.8 Å². The van der Waals surface area contributed by atoms with Crippen LogP contribution in [0.25, 0.3) is 22.0 Å². The van der Waals surface area contributed by atoms with Crippen molar-refractivity contribution in [3.63, 3.8) is 0 Å². The lowest BCUT2D eigenvalue weighted by Crippen LogP contribution is -2.53. The number of rotatable bonds is 6. The van der Waals surface area contributed by atoms with Gasteiger partial charge in [0.05, 0.1) is 33.0 Å². The average Bonchev–Trinajstić information content (AvgIpc) is 2.83. The maximum absolute atomic E-state index is 13.5. The molecule has 1 aliphatic rings. The van der Waals surface area contributed by atoms with Crippen molar-refractivity contribution in [3.8, 4) is 11.1 Å². The number of benzene rings is 1. The number of aromatic nitrogens is 2. The summed E-state index contributed by atoms with van der Waals surface area (Å²) in [4.78, 5) is 22.0. The van der Waals surface area contributed by atoms with Crippen LogP contribution in [0, 0.1) is 5.92 Å². The van der Waals surface area contributed by atoms with Crippen LogP contribution in [0.1, 0.15) is 63.2 Å². The normalized spacial score (nSPS) is 16.9. The van der Waals surface area contributed by atoms with E-state index in [4.69, 9.17) is 0 Å². The Kier molecular flexibility index (Phi) is 7.20. The largest absolute Gasteiger partial charge is 0.336 e. The lowest BCUT2D eigenvalue weighted by Gasteiger charge is -2.33. The van der Waals surface area contributed by atoms with E-state index in [2.05, 4.69) is 20.0 Å². The summed E-state index contributed by atoms with van der Waals surface area (Å²) in [7, 11) is -1.28. The second kappa shape index (κ2) is 10.1. The number of carbonyl (C=O) groups is 1. The van der Waals surface area contributed by atoms with Gasteiger partial charge in [-0.1, -0.05) is 25.3 Å². The van der Waals surface area contributed by atoms with E-state index in [1.165, 1.54) is 6.42 Å². The Morgan fingerprint density at radius 3 is 2.42 bits per heavy atom. The van der Waals surface area contributed by atoms with Gasteiger partial charge in [-0.05, 0) is 81.0 Å². The highest BCUT2D eigenvalue weighted by Gasteiger charge is 2.30. The Balaban J connectivity index is 1.64. The van der Waals surface area contributed by atoms with Gasteiger partial charge in [0, 0.05) is 24.0 Å². The number of carbonyl (C=O) groups excluding carboxylic acids is 1. The molecule has 7 heteroatoms. The fourth-order valence-electron chi connectivity index (χ4n) is 4.29. The van der Waals surface area contributed by atoms with E-state index in [-0.39, 0.29) is 18.0 Å². The molecule has 1 saturated carbocycles. The molecule has 0 saturated heterocycles. The highest BCUT2D eigenvalue weighted by Crippen LogP contribution is 2.28. The molecule has 2 heterocycles. The molecule has 174 valence electrons. The van der Waals surface area contributed by atoms with Gasteiger partial charge in [-0.3, -0.25) is 14.8 Å². The number of fused-ring (bicyclic) bond motifs is 1. The fourth-order valence-corrected chi connectivity index (χ4v) is 5.13. The predicted molar refractivity (Wildman–Crippen MR) is 134 cm³/mol. The van der Waals surface area contributed by atoms with Gasteiger partial charge in [0.2, 0.25) is 0 Å². The lowest BCUT2D eigenvalue weighted by molar-refractivity contribution is 0.0911. The first kappa shape index (κ1) is 23.5. The molecule has 2 aromatic heterocycles. The number of hydrogen-bond acceptors (Lipinski definition) is 4. The zero-order valence-electron chi connectivity index (χ0n) is 19.5. The molecular formula is C26H32N4O2S. The third-order valence-electron chi connectivity index (χ3n) is 6.20. The summed E-state index contributed by atoms with van der Waals surface area (Å²) in [5, 5.41) is 3.97. The van der Waals surface area contributed by atoms with Crippen LogP contribution in [-0.2, 0) is 11.0 Å².